The van der Waals surface area contributed by atoms with E-state index in [4.69, 9.17) is 9.47 Å². The number of anilines is 1. The predicted molar refractivity (Wildman–Crippen MR) is 118 cm³/mol. The van der Waals surface area contributed by atoms with E-state index in [-0.39, 0.29) is 24.2 Å². The van der Waals surface area contributed by atoms with Gasteiger partial charge >= 0.3 is 0 Å². The van der Waals surface area contributed by atoms with E-state index in [0.29, 0.717) is 17.1 Å². The van der Waals surface area contributed by atoms with Crippen molar-refractivity contribution in [2.45, 2.75) is 19.4 Å². The van der Waals surface area contributed by atoms with Gasteiger partial charge in [-0.15, -0.1) is 0 Å². The van der Waals surface area contributed by atoms with E-state index in [0.717, 1.165) is 23.2 Å². The van der Waals surface area contributed by atoms with Gasteiger partial charge in [-0.05, 0) is 48.7 Å². The average Bonchev–Trinajstić information content (AvgIpc) is 3.13. The Morgan fingerprint density at radius 3 is 2.58 bits per heavy atom. The zero-order valence-electron chi connectivity index (χ0n) is 17.3. The van der Waals surface area contributed by atoms with Crippen LogP contribution in [0.5, 0.6) is 11.5 Å². The number of nitro benzene ring substituents is 1. The first-order valence-electron chi connectivity index (χ1n) is 9.93. The number of hydrogen-bond acceptors (Lipinski definition) is 5. The van der Waals surface area contributed by atoms with Gasteiger partial charge in [0.15, 0.2) is 6.61 Å². The largest absolute Gasteiger partial charge is 0.497 e. The van der Waals surface area contributed by atoms with E-state index in [1.165, 1.54) is 18.2 Å². The summed E-state index contributed by atoms with van der Waals surface area (Å²) in [5, 5.41) is 11.3. The fourth-order valence-electron chi connectivity index (χ4n) is 3.91. The number of ether oxygens (including phenoxy) is 2. The molecule has 0 aliphatic carbocycles. The van der Waals surface area contributed by atoms with Gasteiger partial charge in [0.05, 0.1) is 12.0 Å². The summed E-state index contributed by atoms with van der Waals surface area (Å²) in [6.45, 7) is 1.84. The smallest absolute Gasteiger partial charge is 0.270 e. The molecule has 0 saturated carbocycles. The molecule has 7 heteroatoms. The van der Waals surface area contributed by atoms with Crippen LogP contribution < -0.4 is 14.4 Å². The van der Waals surface area contributed by atoms with Crippen molar-refractivity contribution in [3.8, 4) is 22.6 Å². The fourth-order valence-corrected chi connectivity index (χ4v) is 3.91. The maximum atomic E-state index is 13.0. The third kappa shape index (κ3) is 4.07. The first-order chi connectivity index (χ1) is 15.0. The summed E-state index contributed by atoms with van der Waals surface area (Å²) in [4.78, 5) is 25.6. The van der Waals surface area contributed by atoms with Crippen molar-refractivity contribution in [3.63, 3.8) is 0 Å². The van der Waals surface area contributed by atoms with Crippen LogP contribution in [0, 0.1) is 10.1 Å². The molecule has 1 aliphatic heterocycles. The molecular weight excluding hydrogens is 396 g/mol. The molecule has 0 saturated heterocycles. The molecule has 0 radical (unpaired) electrons. The summed E-state index contributed by atoms with van der Waals surface area (Å²) in [6, 6.07) is 19.4. The number of fused-ring (bicyclic) bond motifs is 1. The maximum Gasteiger partial charge on any atom is 0.270 e. The molecule has 4 rings (SSSR count). The molecule has 3 aromatic carbocycles. The molecule has 3 aromatic rings. The van der Waals surface area contributed by atoms with Gasteiger partial charge in [-0.1, -0.05) is 30.3 Å². The normalized spacial score (nSPS) is 14.8. The molecule has 0 N–H and O–H groups in total. The second kappa shape index (κ2) is 8.47. The molecule has 7 nitrogen and oxygen atoms in total. The molecule has 0 aromatic heterocycles. The molecule has 1 aliphatic rings. The molecule has 0 bridgehead atoms. The van der Waals surface area contributed by atoms with Crippen LogP contribution in [0.3, 0.4) is 0 Å². The highest BCUT2D eigenvalue weighted by Gasteiger charge is 2.30. The predicted octanol–water partition coefficient (Wildman–Crippen LogP) is 4.63. The van der Waals surface area contributed by atoms with Crippen LogP contribution in [0.25, 0.3) is 11.1 Å². The first kappa shape index (κ1) is 20.4. The second-order valence-corrected chi connectivity index (χ2v) is 7.40. The third-order valence-corrected chi connectivity index (χ3v) is 5.40. The molecule has 1 heterocycles. The van der Waals surface area contributed by atoms with Gasteiger partial charge in [0.2, 0.25) is 0 Å². The minimum absolute atomic E-state index is 0.0476. The summed E-state index contributed by atoms with van der Waals surface area (Å²) in [7, 11) is 1.57. The Morgan fingerprint density at radius 1 is 1.13 bits per heavy atom. The quantitative estimate of drug-likeness (QED) is 0.431. The van der Waals surface area contributed by atoms with Gasteiger partial charge in [0, 0.05) is 29.4 Å². The van der Waals surface area contributed by atoms with Crippen LogP contribution in [-0.2, 0) is 11.2 Å². The number of non-ortho nitro benzene ring substituents is 1. The van der Waals surface area contributed by atoms with E-state index in [9.17, 15) is 14.9 Å². The van der Waals surface area contributed by atoms with Crippen molar-refractivity contribution < 1.29 is 19.2 Å². The SMILES string of the molecule is COc1ccc(-c2cc([N+](=O)[O-])ccc2OCC(=O)N2c3ccccc3C[C@H]2C)cc1. The number of para-hydroxylation sites is 1. The molecule has 0 fully saturated rings. The topological polar surface area (TPSA) is 81.9 Å². The molecule has 31 heavy (non-hydrogen) atoms. The third-order valence-electron chi connectivity index (χ3n) is 5.40. The molecule has 0 spiro atoms. The lowest BCUT2D eigenvalue weighted by molar-refractivity contribution is -0.384. The summed E-state index contributed by atoms with van der Waals surface area (Å²) in [5.41, 5.74) is 3.26. The molecular formula is C24H22N2O5. The lowest BCUT2D eigenvalue weighted by Gasteiger charge is -2.23. The molecule has 158 valence electrons. The second-order valence-electron chi connectivity index (χ2n) is 7.40. The highest BCUT2D eigenvalue weighted by molar-refractivity contribution is 5.97. The summed E-state index contributed by atoms with van der Waals surface area (Å²) >= 11 is 0. The minimum Gasteiger partial charge on any atom is -0.497 e. The van der Waals surface area contributed by atoms with Crippen LogP contribution in [-0.4, -0.2) is 30.6 Å². The van der Waals surface area contributed by atoms with Crippen molar-refractivity contribution >= 4 is 17.3 Å². The number of nitro groups is 1. The highest BCUT2D eigenvalue weighted by atomic mass is 16.6. The van der Waals surface area contributed by atoms with E-state index in [2.05, 4.69) is 0 Å². The van der Waals surface area contributed by atoms with E-state index < -0.39 is 4.92 Å². The van der Waals surface area contributed by atoms with Crippen LogP contribution in [0.2, 0.25) is 0 Å². The van der Waals surface area contributed by atoms with Crippen LogP contribution in [0.4, 0.5) is 11.4 Å². The fraction of sp³-hybridized carbons (Fsp3) is 0.208. The first-order valence-corrected chi connectivity index (χ1v) is 9.93. The number of hydrogen-bond donors (Lipinski definition) is 0. The number of benzene rings is 3. The lowest BCUT2D eigenvalue weighted by atomic mass is 10.0. The van der Waals surface area contributed by atoms with Crippen LogP contribution in [0.15, 0.2) is 66.7 Å². The van der Waals surface area contributed by atoms with Crippen LogP contribution >= 0.6 is 0 Å². The Bertz CT molecular complexity index is 1130. The van der Waals surface area contributed by atoms with E-state index in [1.54, 1.807) is 36.3 Å². The van der Waals surface area contributed by atoms with Crippen molar-refractivity contribution in [1.82, 2.24) is 0 Å². The van der Waals surface area contributed by atoms with Crippen LogP contribution in [0.1, 0.15) is 12.5 Å². The Morgan fingerprint density at radius 2 is 1.87 bits per heavy atom. The number of carbonyl (C=O) groups is 1. The van der Waals surface area contributed by atoms with Crippen molar-refractivity contribution in [1.29, 1.82) is 0 Å². The highest BCUT2D eigenvalue weighted by Crippen LogP contribution is 2.35. The Balaban J connectivity index is 1.59. The zero-order chi connectivity index (χ0) is 22.0. The van der Waals surface area contributed by atoms with Gasteiger partial charge in [-0.3, -0.25) is 14.9 Å². The molecule has 1 atom stereocenters. The van der Waals surface area contributed by atoms with Gasteiger partial charge < -0.3 is 14.4 Å². The average molecular weight is 418 g/mol. The van der Waals surface area contributed by atoms with Crippen molar-refractivity contribution in [3.05, 3.63) is 82.4 Å². The Kier molecular flexibility index (Phi) is 5.58. The number of carbonyl (C=O) groups excluding carboxylic acids is 1. The summed E-state index contributed by atoms with van der Waals surface area (Å²) < 4.78 is 11.1. The Hall–Kier alpha value is -3.87. The van der Waals surface area contributed by atoms with E-state index in [1.807, 2.05) is 31.2 Å². The van der Waals surface area contributed by atoms with Gasteiger partial charge in [-0.25, -0.2) is 0 Å². The van der Waals surface area contributed by atoms with E-state index >= 15 is 0 Å². The molecule has 1 amide bonds. The Labute approximate surface area is 180 Å². The van der Waals surface area contributed by atoms with Gasteiger partial charge in [-0.2, -0.15) is 0 Å². The standard InChI is InChI=1S/C24H22N2O5/c1-16-13-18-5-3-4-6-22(18)25(16)24(27)15-31-23-12-9-19(26(28)29)14-21(23)17-7-10-20(30-2)11-8-17/h3-12,14,16H,13,15H2,1-2H3/t16-/m1/s1. The monoisotopic (exact) mass is 418 g/mol. The van der Waals surface area contributed by atoms with Crippen molar-refractivity contribution in [2.75, 3.05) is 18.6 Å². The number of nitrogens with zero attached hydrogens (tertiary/aromatic N) is 2. The van der Waals surface area contributed by atoms with Gasteiger partial charge in [0.25, 0.3) is 11.6 Å². The maximum absolute atomic E-state index is 13.0. The zero-order valence-corrected chi connectivity index (χ0v) is 17.3. The van der Waals surface area contributed by atoms with Crippen molar-refractivity contribution in [2.24, 2.45) is 0 Å². The minimum atomic E-state index is -0.454. The summed E-state index contributed by atoms with van der Waals surface area (Å²) in [6.07, 6.45) is 0.802. The number of rotatable bonds is 6. The van der Waals surface area contributed by atoms with Gasteiger partial charge in [0.1, 0.15) is 11.5 Å². The summed E-state index contributed by atoms with van der Waals surface area (Å²) in [5.74, 6) is 0.925. The lowest BCUT2D eigenvalue weighted by Crippen LogP contribution is -2.39. The number of amides is 1. The number of methoxy groups -OCH3 is 1. The molecule has 0 unspecified atom stereocenters.